The molecule has 1 aliphatic heterocycles. The molecule has 4 rings (SSSR count). The van der Waals surface area contributed by atoms with Crippen LogP contribution in [0.1, 0.15) is 12.0 Å². The SMILES string of the molecule is O=C1C[C@@H](NCCc2c[nH]c3ccccc23)C(=O)N1c1cc(Cl)cc(Cl)c1. The van der Waals surface area contributed by atoms with Gasteiger partial charge in [0.1, 0.15) is 0 Å². The van der Waals surface area contributed by atoms with Crippen LogP contribution >= 0.6 is 23.2 Å². The highest BCUT2D eigenvalue weighted by Gasteiger charge is 2.39. The van der Waals surface area contributed by atoms with Gasteiger partial charge in [-0.15, -0.1) is 0 Å². The Balaban J connectivity index is 1.43. The minimum absolute atomic E-state index is 0.122. The Hall–Kier alpha value is -2.34. The van der Waals surface area contributed by atoms with Gasteiger partial charge in [0.05, 0.1) is 18.2 Å². The molecular formula is C20H17Cl2N3O2. The summed E-state index contributed by atoms with van der Waals surface area (Å²) in [5.41, 5.74) is 2.67. The number of H-pyrrole nitrogens is 1. The Morgan fingerprint density at radius 3 is 2.63 bits per heavy atom. The fourth-order valence-corrected chi connectivity index (χ4v) is 3.97. The number of nitrogens with zero attached hydrogens (tertiary/aromatic N) is 1. The number of amides is 2. The smallest absolute Gasteiger partial charge is 0.251 e. The molecule has 5 nitrogen and oxygen atoms in total. The van der Waals surface area contributed by atoms with Crippen molar-refractivity contribution in [1.29, 1.82) is 0 Å². The summed E-state index contributed by atoms with van der Waals surface area (Å²) in [4.78, 5) is 29.4. The highest BCUT2D eigenvalue weighted by Crippen LogP contribution is 2.29. The van der Waals surface area contributed by atoms with Gasteiger partial charge >= 0.3 is 0 Å². The largest absolute Gasteiger partial charge is 0.361 e. The van der Waals surface area contributed by atoms with E-state index in [1.54, 1.807) is 18.2 Å². The number of aromatic nitrogens is 1. The number of hydrogen-bond acceptors (Lipinski definition) is 3. The average molecular weight is 402 g/mol. The molecule has 1 atom stereocenters. The molecule has 0 bridgehead atoms. The molecule has 3 aromatic rings. The van der Waals surface area contributed by atoms with Crippen molar-refractivity contribution in [3.63, 3.8) is 0 Å². The van der Waals surface area contributed by atoms with Gasteiger partial charge < -0.3 is 10.3 Å². The van der Waals surface area contributed by atoms with Gasteiger partial charge in [-0.1, -0.05) is 41.4 Å². The lowest BCUT2D eigenvalue weighted by Gasteiger charge is -2.16. The third-order valence-electron chi connectivity index (χ3n) is 4.71. The van der Waals surface area contributed by atoms with Crippen LogP contribution < -0.4 is 10.2 Å². The Morgan fingerprint density at radius 2 is 1.85 bits per heavy atom. The second-order valence-electron chi connectivity index (χ2n) is 6.52. The summed E-state index contributed by atoms with van der Waals surface area (Å²) in [6, 6.07) is 12.2. The maximum absolute atomic E-state index is 12.7. The number of aromatic amines is 1. The van der Waals surface area contributed by atoms with E-state index in [1.165, 1.54) is 10.9 Å². The Labute approximate surface area is 166 Å². The number of carbonyl (C=O) groups excluding carboxylic acids is 2. The second kappa shape index (κ2) is 7.35. The van der Waals surface area contributed by atoms with Gasteiger partial charge in [0, 0.05) is 33.7 Å². The summed E-state index contributed by atoms with van der Waals surface area (Å²) in [7, 11) is 0. The van der Waals surface area contributed by atoms with E-state index < -0.39 is 6.04 Å². The predicted molar refractivity (Wildman–Crippen MR) is 107 cm³/mol. The third-order valence-corrected chi connectivity index (χ3v) is 5.15. The zero-order valence-electron chi connectivity index (χ0n) is 14.3. The molecule has 1 aliphatic rings. The first-order valence-corrected chi connectivity index (χ1v) is 9.40. The lowest BCUT2D eigenvalue weighted by atomic mass is 10.1. The van der Waals surface area contributed by atoms with Crippen molar-refractivity contribution < 1.29 is 9.59 Å². The third kappa shape index (κ3) is 3.58. The first-order chi connectivity index (χ1) is 13.0. The van der Waals surface area contributed by atoms with Crippen molar-refractivity contribution in [2.75, 3.05) is 11.4 Å². The molecule has 0 aliphatic carbocycles. The molecule has 138 valence electrons. The number of rotatable bonds is 5. The van der Waals surface area contributed by atoms with Crippen LogP contribution in [0, 0.1) is 0 Å². The number of nitrogens with one attached hydrogen (secondary N) is 2. The molecule has 7 heteroatoms. The van der Waals surface area contributed by atoms with E-state index >= 15 is 0 Å². The van der Waals surface area contributed by atoms with Crippen LogP contribution in [0.2, 0.25) is 10.0 Å². The molecule has 1 aromatic heterocycles. The molecule has 2 heterocycles. The van der Waals surface area contributed by atoms with Crippen LogP contribution in [0.25, 0.3) is 10.9 Å². The minimum atomic E-state index is -0.541. The number of benzene rings is 2. The number of carbonyl (C=O) groups is 2. The number of anilines is 1. The number of fused-ring (bicyclic) bond motifs is 1. The summed E-state index contributed by atoms with van der Waals surface area (Å²) in [6.07, 6.45) is 2.86. The molecule has 2 N–H and O–H groups in total. The van der Waals surface area contributed by atoms with E-state index in [0.29, 0.717) is 22.3 Å². The molecule has 0 radical (unpaired) electrons. The van der Waals surface area contributed by atoms with Crippen molar-refractivity contribution in [3.05, 3.63) is 64.3 Å². The summed E-state index contributed by atoms with van der Waals surface area (Å²) < 4.78 is 0. The molecule has 2 aromatic carbocycles. The van der Waals surface area contributed by atoms with Gasteiger partial charge in [0.15, 0.2) is 0 Å². The predicted octanol–water partition coefficient (Wildman–Crippen LogP) is 3.94. The maximum atomic E-state index is 12.7. The van der Waals surface area contributed by atoms with E-state index in [0.717, 1.165) is 16.8 Å². The quantitative estimate of drug-likeness (QED) is 0.636. The van der Waals surface area contributed by atoms with E-state index in [9.17, 15) is 9.59 Å². The Bertz CT molecular complexity index is 1010. The van der Waals surface area contributed by atoms with Crippen LogP contribution in [0.15, 0.2) is 48.7 Å². The number of halogens is 2. The molecule has 2 amide bonds. The topological polar surface area (TPSA) is 65.2 Å². The van der Waals surface area contributed by atoms with E-state index in [-0.39, 0.29) is 18.2 Å². The molecule has 0 saturated carbocycles. The minimum Gasteiger partial charge on any atom is -0.361 e. The fraction of sp³-hybridized carbons (Fsp3) is 0.200. The van der Waals surface area contributed by atoms with Crippen molar-refractivity contribution in [2.24, 2.45) is 0 Å². The lowest BCUT2D eigenvalue weighted by molar-refractivity contribution is -0.121. The van der Waals surface area contributed by atoms with Gasteiger partial charge in [-0.2, -0.15) is 0 Å². The monoisotopic (exact) mass is 401 g/mol. The van der Waals surface area contributed by atoms with Crippen LogP contribution in [-0.2, 0) is 16.0 Å². The summed E-state index contributed by atoms with van der Waals surface area (Å²) >= 11 is 12.0. The van der Waals surface area contributed by atoms with Crippen molar-refractivity contribution in [2.45, 2.75) is 18.9 Å². The van der Waals surface area contributed by atoms with Gasteiger partial charge in [-0.05, 0) is 36.2 Å². The molecule has 0 spiro atoms. The average Bonchev–Trinajstić information content (AvgIpc) is 3.15. The van der Waals surface area contributed by atoms with Gasteiger partial charge in [0.2, 0.25) is 5.91 Å². The van der Waals surface area contributed by atoms with Crippen LogP contribution in [-0.4, -0.2) is 29.4 Å². The molecule has 0 unspecified atom stereocenters. The molecular weight excluding hydrogens is 385 g/mol. The lowest BCUT2D eigenvalue weighted by Crippen LogP contribution is -2.39. The first-order valence-electron chi connectivity index (χ1n) is 8.64. The highest BCUT2D eigenvalue weighted by atomic mass is 35.5. The van der Waals surface area contributed by atoms with Gasteiger partial charge in [-0.3, -0.25) is 9.59 Å². The van der Waals surface area contributed by atoms with Crippen molar-refractivity contribution >= 4 is 51.6 Å². The van der Waals surface area contributed by atoms with Crippen molar-refractivity contribution in [1.82, 2.24) is 10.3 Å². The fourth-order valence-electron chi connectivity index (χ4n) is 3.45. The first kappa shape index (κ1) is 18.0. The van der Waals surface area contributed by atoms with Crippen LogP contribution in [0.5, 0.6) is 0 Å². The zero-order valence-corrected chi connectivity index (χ0v) is 15.8. The zero-order chi connectivity index (χ0) is 19.0. The summed E-state index contributed by atoms with van der Waals surface area (Å²) in [5, 5.41) is 5.14. The Morgan fingerprint density at radius 1 is 1.11 bits per heavy atom. The van der Waals surface area contributed by atoms with Crippen LogP contribution in [0.4, 0.5) is 5.69 Å². The van der Waals surface area contributed by atoms with Gasteiger partial charge in [-0.25, -0.2) is 4.90 Å². The standard InChI is InChI=1S/C20H17Cl2N3O2/c21-13-7-14(22)9-15(8-13)25-19(26)10-18(20(25)27)23-6-5-12-11-24-17-4-2-1-3-16(12)17/h1-4,7-9,11,18,23-24H,5-6,10H2/t18-/m1/s1. The number of para-hydroxylation sites is 1. The van der Waals surface area contributed by atoms with E-state index in [1.807, 2.05) is 24.4 Å². The summed E-state index contributed by atoms with van der Waals surface area (Å²) in [5.74, 6) is -0.541. The normalized spacial score (nSPS) is 17.3. The maximum Gasteiger partial charge on any atom is 0.251 e. The van der Waals surface area contributed by atoms with Gasteiger partial charge in [0.25, 0.3) is 5.91 Å². The van der Waals surface area contributed by atoms with Crippen LogP contribution in [0.3, 0.4) is 0 Å². The van der Waals surface area contributed by atoms with E-state index in [2.05, 4.69) is 16.4 Å². The number of hydrogen-bond donors (Lipinski definition) is 2. The van der Waals surface area contributed by atoms with Crippen molar-refractivity contribution in [3.8, 4) is 0 Å². The molecule has 27 heavy (non-hydrogen) atoms. The van der Waals surface area contributed by atoms with E-state index in [4.69, 9.17) is 23.2 Å². The Kier molecular flexibility index (Phi) is 4.91. The molecule has 1 fully saturated rings. The summed E-state index contributed by atoms with van der Waals surface area (Å²) in [6.45, 7) is 0.593. The molecule has 1 saturated heterocycles. The second-order valence-corrected chi connectivity index (χ2v) is 7.39. The number of imide groups is 1. The highest BCUT2D eigenvalue weighted by molar-refractivity contribution is 6.35.